The molecule has 0 aliphatic heterocycles. The topological polar surface area (TPSA) is 123 Å². The number of urea groups is 1. The van der Waals surface area contributed by atoms with Crippen LogP contribution in [0.3, 0.4) is 0 Å². The molecule has 3 rings (SSSR count). The Bertz CT molecular complexity index is 1130. The fraction of sp³-hybridized carbons (Fsp3) is 0.333. The highest BCUT2D eigenvalue weighted by Gasteiger charge is 2.20. The molecule has 2 heterocycles. The van der Waals surface area contributed by atoms with Gasteiger partial charge >= 0.3 is 17.6 Å². The molecule has 2 aromatic heterocycles. The number of carbonyl (C=O) groups excluding carboxylic acids is 2. The maximum absolute atomic E-state index is 12.6. The third kappa shape index (κ3) is 5.40. The van der Waals surface area contributed by atoms with Gasteiger partial charge in [-0.2, -0.15) is 4.98 Å². The Labute approximate surface area is 182 Å². The van der Waals surface area contributed by atoms with Crippen LogP contribution in [0, 0.1) is 6.92 Å². The fourth-order valence-electron chi connectivity index (χ4n) is 3.06. The van der Waals surface area contributed by atoms with Crippen molar-refractivity contribution in [3.63, 3.8) is 0 Å². The number of rotatable bonds is 8. The van der Waals surface area contributed by atoms with E-state index in [9.17, 15) is 14.4 Å². The van der Waals surface area contributed by atoms with E-state index in [-0.39, 0.29) is 17.4 Å². The molecule has 0 unspecified atom stereocenters. The summed E-state index contributed by atoms with van der Waals surface area (Å²) in [7, 11) is 1.28. The number of ether oxygens (including phenoxy) is 1. The molecular formula is C21H24N4O5S. The molecule has 1 atom stereocenters. The molecule has 0 spiro atoms. The summed E-state index contributed by atoms with van der Waals surface area (Å²) in [6.07, 6.45) is 1.18. The summed E-state index contributed by atoms with van der Waals surface area (Å²) in [5, 5.41) is 10.6. The first-order valence-corrected chi connectivity index (χ1v) is 10.7. The van der Waals surface area contributed by atoms with Crippen molar-refractivity contribution in [2.75, 3.05) is 24.3 Å². The van der Waals surface area contributed by atoms with Crippen molar-refractivity contribution >= 4 is 45.9 Å². The van der Waals surface area contributed by atoms with E-state index in [0.717, 1.165) is 6.42 Å². The standard InChI is InChI=1S/C21H24N4O5S/c1-4-14(18(26)29-3)24-21-25-16-8-7-15(12(2)17(16)19(27)30-21)23-20(28)22-10-9-13-6-5-11-31-13/h5-8,11,14H,4,9-10H2,1-3H3,(H,24,25)(H2,22,23,28)/t14-/m0/s1. The Morgan fingerprint density at radius 3 is 2.77 bits per heavy atom. The van der Waals surface area contributed by atoms with Crippen LogP contribution < -0.4 is 21.6 Å². The highest BCUT2D eigenvalue weighted by Crippen LogP contribution is 2.23. The zero-order valence-corrected chi connectivity index (χ0v) is 18.3. The predicted molar refractivity (Wildman–Crippen MR) is 120 cm³/mol. The van der Waals surface area contributed by atoms with Crippen LogP contribution in [-0.2, 0) is 16.0 Å². The molecule has 9 nitrogen and oxygen atoms in total. The number of hydrogen-bond acceptors (Lipinski definition) is 8. The molecule has 0 fully saturated rings. The normalized spacial score (nSPS) is 11.7. The number of methoxy groups -OCH3 is 1. The molecule has 3 N–H and O–H groups in total. The molecular weight excluding hydrogens is 420 g/mol. The molecule has 0 radical (unpaired) electrons. The van der Waals surface area contributed by atoms with E-state index >= 15 is 0 Å². The number of amides is 2. The zero-order valence-electron chi connectivity index (χ0n) is 17.5. The second-order valence-electron chi connectivity index (χ2n) is 6.78. The van der Waals surface area contributed by atoms with Gasteiger partial charge in [-0.3, -0.25) is 0 Å². The Kier molecular flexibility index (Phi) is 7.24. The van der Waals surface area contributed by atoms with Crippen molar-refractivity contribution in [3.8, 4) is 0 Å². The lowest BCUT2D eigenvalue weighted by atomic mass is 10.1. The first-order valence-electron chi connectivity index (χ1n) is 9.79. The summed E-state index contributed by atoms with van der Waals surface area (Å²) in [5.41, 5.74) is 0.793. The number of thiophene rings is 1. The van der Waals surface area contributed by atoms with E-state index in [1.165, 1.54) is 12.0 Å². The Morgan fingerprint density at radius 1 is 1.29 bits per heavy atom. The second-order valence-corrected chi connectivity index (χ2v) is 7.81. The third-order valence-corrected chi connectivity index (χ3v) is 5.67. The van der Waals surface area contributed by atoms with Gasteiger partial charge in [0.1, 0.15) is 6.04 Å². The minimum Gasteiger partial charge on any atom is -0.467 e. The molecule has 0 saturated heterocycles. The van der Waals surface area contributed by atoms with Gasteiger partial charge in [-0.05, 0) is 48.9 Å². The summed E-state index contributed by atoms with van der Waals surface area (Å²) < 4.78 is 9.97. The number of aromatic nitrogens is 1. The smallest absolute Gasteiger partial charge is 0.348 e. The minimum absolute atomic E-state index is 0.0684. The lowest BCUT2D eigenvalue weighted by Gasteiger charge is -2.14. The molecule has 10 heteroatoms. The first kappa shape index (κ1) is 22.3. The van der Waals surface area contributed by atoms with Crippen LogP contribution in [0.2, 0.25) is 0 Å². The SMILES string of the molecule is CC[C@H](Nc1nc2ccc(NC(=O)NCCc3cccs3)c(C)c2c(=O)o1)C(=O)OC. The first-order chi connectivity index (χ1) is 14.9. The van der Waals surface area contributed by atoms with Crippen LogP contribution in [0.1, 0.15) is 23.8 Å². The molecule has 3 aromatic rings. The molecule has 0 bridgehead atoms. The van der Waals surface area contributed by atoms with Crippen molar-refractivity contribution in [1.29, 1.82) is 0 Å². The van der Waals surface area contributed by atoms with Gasteiger partial charge < -0.3 is 25.1 Å². The van der Waals surface area contributed by atoms with E-state index < -0.39 is 17.6 Å². The Hall–Kier alpha value is -3.40. The number of carbonyl (C=O) groups is 2. The molecule has 2 amide bonds. The van der Waals surface area contributed by atoms with Gasteiger partial charge in [0.05, 0.1) is 18.0 Å². The van der Waals surface area contributed by atoms with Gasteiger partial charge in [-0.1, -0.05) is 13.0 Å². The van der Waals surface area contributed by atoms with Gasteiger partial charge in [-0.15, -0.1) is 11.3 Å². The van der Waals surface area contributed by atoms with Crippen molar-refractivity contribution < 1.29 is 18.7 Å². The Morgan fingerprint density at radius 2 is 2.10 bits per heavy atom. The van der Waals surface area contributed by atoms with E-state index in [4.69, 9.17) is 9.15 Å². The van der Waals surface area contributed by atoms with Gasteiger partial charge in [0.25, 0.3) is 6.01 Å². The van der Waals surface area contributed by atoms with Crippen LogP contribution >= 0.6 is 11.3 Å². The number of nitrogens with zero attached hydrogens (tertiary/aromatic N) is 1. The molecule has 164 valence electrons. The van der Waals surface area contributed by atoms with E-state index in [1.807, 2.05) is 17.5 Å². The molecule has 31 heavy (non-hydrogen) atoms. The number of hydrogen-bond donors (Lipinski definition) is 3. The molecule has 0 saturated carbocycles. The molecule has 0 aliphatic rings. The number of fused-ring (bicyclic) bond motifs is 1. The van der Waals surface area contributed by atoms with Crippen LogP contribution in [-0.4, -0.2) is 36.7 Å². The van der Waals surface area contributed by atoms with Crippen molar-refractivity contribution in [3.05, 3.63) is 50.5 Å². The average molecular weight is 445 g/mol. The number of esters is 1. The lowest BCUT2D eigenvalue weighted by molar-refractivity contribution is -0.141. The number of benzene rings is 1. The third-order valence-electron chi connectivity index (χ3n) is 4.74. The molecule has 0 aliphatic carbocycles. The van der Waals surface area contributed by atoms with Crippen LogP contribution in [0.5, 0.6) is 0 Å². The summed E-state index contributed by atoms with van der Waals surface area (Å²) in [4.78, 5) is 42.0. The van der Waals surface area contributed by atoms with Crippen LogP contribution in [0.4, 0.5) is 16.5 Å². The number of aryl methyl sites for hydroxylation is 1. The number of anilines is 2. The number of nitrogens with one attached hydrogen (secondary N) is 3. The van der Waals surface area contributed by atoms with E-state index in [1.54, 1.807) is 37.3 Å². The van der Waals surface area contributed by atoms with Crippen LogP contribution in [0.15, 0.2) is 38.9 Å². The maximum Gasteiger partial charge on any atom is 0.348 e. The van der Waals surface area contributed by atoms with Gasteiger partial charge in [0, 0.05) is 17.1 Å². The lowest BCUT2D eigenvalue weighted by Crippen LogP contribution is -2.31. The summed E-state index contributed by atoms with van der Waals surface area (Å²) in [6.45, 7) is 4.00. The summed E-state index contributed by atoms with van der Waals surface area (Å²) in [5.74, 6) is -0.479. The minimum atomic E-state index is -0.682. The highest BCUT2D eigenvalue weighted by molar-refractivity contribution is 7.09. The highest BCUT2D eigenvalue weighted by atomic mass is 32.1. The van der Waals surface area contributed by atoms with Crippen molar-refractivity contribution in [2.45, 2.75) is 32.7 Å². The largest absolute Gasteiger partial charge is 0.467 e. The van der Waals surface area contributed by atoms with Gasteiger partial charge in [-0.25, -0.2) is 14.4 Å². The van der Waals surface area contributed by atoms with Crippen LogP contribution in [0.25, 0.3) is 10.9 Å². The quantitative estimate of drug-likeness (QED) is 0.456. The zero-order chi connectivity index (χ0) is 22.4. The van der Waals surface area contributed by atoms with Crippen molar-refractivity contribution in [1.82, 2.24) is 10.3 Å². The van der Waals surface area contributed by atoms with E-state index in [0.29, 0.717) is 29.7 Å². The molecule has 1 aromatic carbocycles. The summed E-state index contributed by atoms with van der Waals surface area (Å²) in [6, 6.07) is 6.16. The maximum atomic E-state index is 12.6. The van der Waals surface area contributed by atoms with Crippen molar-refractivity contribution in [2.24, 2.45) is 0 Å². The summed E-state index contributed by atoms with van der Waals surface area (Å²) >= 11 is 1.64. The predicted octanol–water partition coefficient (Wildman–Crippen LogP) is 3.29. The Balaban J connectivity index is 1.74. The van der Waals surface area contributed by atoms with E-state index in [2.05, 4.69) is 20.9 Å². The van der Waals surface area contributed by atoms with Gasteiger partial charge in [0.2, 0.25) is 0 Å². The monoisotopic (exact) mass is 444 g/mol. The fourth-order valence-corrected chi connectivity index (χ4v) is 3.76. The second kappa shape index (κ2) is 10.1. The van der Waals surface area contributed by atoms with Gasteiger partial charge in [0.15, 0.2) is 0 Å². The average Bonchev–Trinajstić information content (AvgIpc) is 3.26.